The van der Waals surface area contributed by atoms with Crippen LogP contribution in [0.3, 0.4) is 0 Å². The Morgan fingerprint density at radius 3 is 2.83 bits per heavy atom. The molecule has 4 nitrogen and oxygen atoms in total. The van der Waals surface area contributed by atoms with Crippen LogP contribution in [0.15, 0.2) is 27.1 Å². The van der Waals surface area contributed by atoms with Gasteiger partial charge in [-0.2, -0.15) is 0 Å². The van der Waals surface area contributed by atoms with Crippen molar-refractivity contribution in [1.29, 1.82) is 0 Å². The molecule has 0 fully saturated rings. The normalized spacial score (nSPS) is 12.4. The summed E-state index contributed by atoms with van der Waals surface area (Å²) in [6.45, 7) is 2.08. The van der Waals surface area contributed by atoms with Gasteiger partial charge >= 0.3 is 0 Å². The minimum Gasteiger partial charge on any atom is -0.490 e. The van der Waals surface area contributed by atoms with E-state index in [2.05, 4.69) is 37.2 Å². The van der Waals surface area contributed by atoms with Crippen molar-refractivity contribution >= 4 is 31.9 Å². The summed E-state index contributed by atoms with van der Waals surface area (Å²) in [7, 11) is 1.65. The summed E-state index contributed by atoms with van der Waals surface area (Å²) in [6.07, 6.45) is -0.544. The minimum absolute atomic E-state index is 0.250. The van der Waals surface area contributed by atoms with Crippen LogP contribution in [0.25, 0.3) is 0 Å². The first-order valence-electron chi connectivity index (χ1n) is 5.59. The lowest BCUT2D eigenvalue weighted by molar-refractivity contribution is 0.103. The van der Waals surface area contributed by atoms with Gasteiger partial charge in [-0.3, -0.25) is 0 Å². The lowest BCUT2D eigenvalue weighted by Gasteiger charge is -2.14. The molecule has 2 N–H and O–H groups in total. The fourth-order valence-electron chi connectivity index (χ4n) is 1.28. The zero-order chi connectivity index (χ0) is 13.4. The number of methoxy groups -OCH3 is 1. The zero-order valence-electron chi connectivity index (χ0n) is 10.2. The molecule has 18 heavy (non-hydrogen) atoms. The van der Waals surface area contributed by atoms with Gasteiger partial charge in [0, 0.05) is 24.7 Å². The van der Waals surface area contributed by atoms with Crippen molar-refractivity contribution in [2.75, 3.05) is 33.4 Å². The van der Waals surface area contributed by atoms with Crippen molar-refractivity contribution in [1.82, 2.24) is 5.32 Å². The molecule has 1 unspecified atom stereocenters. The van der Waals surface area contributed by atoms with Crippen LogP contribution in [0.1, 0.15) is 0 Å². The van der Waals surface area contributed by atoms with Gasteiger partial charge in [0.05, 0.1) is 11.1 Å². The third kappa shape index (κ3) is 6.15. The van der Waals surface area contributed by atoms with E-state index in [-0.39, 0.29) is 6.61 Å². The van der Waals surface area contributed by atoms with Crippen LogP contribution in [0, 0.1) is 0 Å². The smallest absolute Gasteiger partial charge is 0.133 e. The van der Waals surface area contributed by atoms with E-state index < -0.39 is 6.10 Å². The highest BCUT2D eigenvalue weighted by atomic mass is 79.9. The lowest BCUT2D eigenvalue weighted by atomic mass is 10.3. The maximum atomic E-state index is 9.70. The lowest BCUT2D eigenvalue weighted by Crippen LogP contribution is -2.33. The van der Waals surface area contributed by atoms with Crippen LogP contribution >= 0.6 is 31.9 Å². The number of aliphatic hydroxyl groups excluding tert-OH is 1. The molecular weight excluding hydrogens is 366 g/mol. The number of halogens is 2. The average Bonchev–Trinajstić information content (AvgIpc) is 2.33. The highest BCUT2D eigenvalue weighted by molar-refractivity contribution is 9.11. The van der Waals surface area contributed by atoms with Crippen LogP contribution in [-0.2, 0) is 4.74 Å². The van der Waals surface area contributed by atoms with Crippen molar-refractivity contribution in [3.8, 4) is 5.75 Å². The quantitative estimate of drug-likeness (QED) is 0.676. The molecule has 6 heteroatoms. The zero-order valence-corrected chi connectivity index (χ0v) is 13.3. The van der Waals surface area contributed by atoms with E-state index >= 15 is 0 Å². The van der Waals surface area contributed by atoms with Crippen LogP contribution in [0.2, 0.25) is 0 Å². The minimum atomic E-state index is -0.544. The number of rotatable bonds is 8. The summed E-state index contributed by atoms with van der Waals surface area (Å²) in [4.78, 5) is 0. The van der Waals surface area contributed by atoms with Gasteiger partial charge < -0.3 is 19.9 Å². The number of aliphatic hydroxyl groups is 1. The molecule has 0 radical (unpaired) electrons. The summed E-state index contributed by atoms with van der Waals surface area (Å²) < 4.78 is 12.2. The van der Waals surface area contributed by atoms with E-state index in [1.807, 2.05) is 18.2 Å². The van der Waals surface area contributed by atoms with Crippen molar-refractivity contribution in [2.45, 2.75) is 6.10 Å². The Morgan fingerprint density at radius 1 is 1.39 bits per heavy atom. The Hall–Kier alpha value is -0.140. The molecule has 0 aromatic heterocycles. The van der Waals surface area contributed by atoms with E-state index in [0.717, 1.165) is 15.5 Å². The standard InChI is InChI=1S/C12H17Br2NO3/c1-17-5-4-15-7-10(16)8-18-12-3-2-9(13)6-11(12)14/h2-3,6,10,15-16H,4-5,7-8H2,1H3. The topological polar surface area (TPSA) is 50.7 Å². The molecule has 0 bridgehead atoms. The van der Waals surface area contributed by atoms with Gasteiger partial charge in [0.2, 0.25) is 0 Å². The van der Waals surface area contributed by atoms with E-state index in [1.54, 1.807) is 7.11 Å². The number of benzene rings is 1. The molecule has 102 valence electrons. The summed E-state index contributed by atoms with van der Waals surface area (Å²) >= 11 is 6.77. The second-order valence-corrected chi connectivity index (χ2v) is 5.51. The van der Waals surface area contributed by atoms with Crippen LogP contribution in [-0.4, -0.2) is 44.6 Å². The Kier molecular flexibility index (Phi) is 7.85. The SMILES string of the molecule is COCCNCC(O)COc1ccc(Br)cc1Br. The summed E-state index contributed by atoms with van der Waals surface area (Å²) in [5.74, 6) is 0.717. The Morgan fingerprint density at radius 2 is 2.17 bits per heavy atom. The maximum Gasteiger partial charge on any atom is 0.133 e. The average molecular weight is 383 g/mol. The van der Waals surface area contributed by atoms with Crippen LogP contribution < -0.4 is 10.1 Å². The molecule has 1 aromatic carbocycles. The van der Waals surface area contributed by atoms with Gasteiger partial charge in [-0.25, -0.2) is 0 Å². The largest absolute Gasteiger partial charge is 0.490 e. The predicted octanol–water partition coefficient (Wildman–Crippen LogP) is 2.19. The third-order valence-electron chi connectivity index (χ3n) is 2.19. The summed E-state index contributed by atoms with van der Waals surface area (Å²) in [6, 6.07) is 5.64. The number of hydrogen-bond acceptors (Lipinski definition) is 4. The number of nitrogens with one attached hydrogen (secondary N) is 1. The number of ether oxygens (including phenoxy) is 2. The molecule has 0 amide bonds. The van der Waals surface area contributed by atoms with E-state index in [9.17, 15) is 5.11 Å². The van der Waals surface area contributed by atoms with Gasteiger partial charge in [-0.05, 0) is 34.1 Å². The Balaban J connectivity index is 2.27. The second kappa shape index (κ2) is 8.87. The summed E-state index contributed by atoms with van der Waals surface area (Å²) in [5, 5.41) is 12.8. The molecule has 0 aliphatic carbocycles. The molecule has 1 rings (SSSR count). The fraction of sp³-hybridized carbons (Fsp3) is 0.500. The molecule has 0 aliphatic rings. The molecule has 0 aliphatic heterocycles. The van der Waals surface area contributed by atoms with E-state index in [0.29, 0.717) is 18.9 Å². The second-order valence-electron chi connectivity index (χ2n) is 3.74. The monoisotopic (exact) mass is 381 g/mol. The molecule has 0 heterocycles. The predicted molar refractivity (Wildman–Crippen MR) is 78.1 cm³/mol. The summed E-state index contributed by atoms with van der Waals surface area (Å²) in [5.41, 5.74) is 0. The Labute approximate surface area is 124 Å². The van der Waals surface area contributed by atoms with Crippen LogP contribution in [0.5, 0.6) is 5.75 Å². The molecule has 1 aromatic rings. The third-order valence-corrected chi connectivity index (χ3v) is 3.30. The fourth-order valence-corrected chi connectivity index (χ4v) is 2.44. The van der Waals surface area contributed by atoms with Crippen molar-refractivity contribution in [3.63, 3.8) is 0 Å². The van der Waals surface area contributed by atoms with Gasteiger partial charge in [-0.1, -0.05) is 15.9 Å². The van der Waals surface area contributed by atoms with Gasteiger partial charge in [0.1, 0.15) is 18.5 Å². The molecule has 1 atom stereocenters. The van der Waals surface area contributed by atoms with Crippen molar-refractivity contribution < 1.29 is 14.6 Å². The van der Waals surface area contributed by atoms with Crippen LogP contribution in [0.4, 0.5) is 0 Å². The number of hydrogen-bond donors (Lipinski definition) is 2. The van der Waals surface area contributed by atoms with Gasteiger partial charge in [0.25, 0.3) is 0 Å². The highest BCUT2D eigenvalue weighted by Gasteiger charge is 2.07. The van der Waals surface area contributed by atoms with Gasteiger partial charge in [0.15, 0.2) is 0 Å². The first kappa shape index (κ1) is 15.9. The molecule has 0 saturated carbocycles. The van der Waals surface area contributed by atoms with E-state index in [1.165, 1.54) is 0 Å². The first-order valence-corrected chi connectivity index (χ1v) is 7.17. The molecule has 0 saturated heterocycles. The Bertz CT molecular complexity index is 363. The van der Waals surface area contributed by atoms with Crippen molar-refractivity contribution in [3.05, 3.63) is 27.1 Å². The van der Waals surface area contributed by atoms with Crippen molar-refractivity contribution in [2.24, 2.45) is 0 Å². The molecule has 0 spiro atoms. The van der Waals surface area contributed by atoms with E-state index in [4.69, 9.17) is 9.47 Å². The first-order chi connectivity index (χ1) is 8.63. The van der Waals surface area contributed by atoms with Gasteiger partial charge in [-0.15, -0.1) is 0 Å². The molecular formula is C12H17Br2NO3. The highest BCUT2D eigenvalue weighted by Crippen LogP contribution is 2.28. The maximum absolute atomic E-state index is 9.70.